The molecule has 3 rings (SSSR count). The maximum Gasteiger partial charge on any atom is 0.335 e. The lowest BCUT2D eigenvalue weighted by atomic mass is 10.1. The van der Waals surface area contributed by atoms with E-state index in [9.17, 15) is 4.79 Å². The van der Waals surface area contributed by atoms with E-state index in [2.05, 4.69) is 9.97 Å². The number of aromatic nitrogens is 2. The van der Waals surface area contributed by atoms with Crippen LogP contribution in [0.15, 0.2) is 41.4 Å². The lowest BCUT2D eigenvalue weighted by molar-refractivity contribution is 0.0697. The zero-order chi connectivity index (χ0) is 13.2. The molecule has 1 aromatic carbocycles. The van der Waals surface area contributed by atoms with Crippen molar-refractivity contribution in [3.05, 3.63) is 46.9 Å². The smallest absolute Gasteiger partial charge is 0.335 e. The van der Waals surface area contributed by atoms with Gasteiger partial charge < -0.3 is 5.11 Å². The SMILES string of the molecule is O=C(O)c1cccc(-c2nc(-c3cncs3)cs2)c1. The number of hydrogen-bond donors (Lipinski definition) is 1. The van der Waals surface area contributed by atoms with Crippen LogP contribution < -0.4 is 0 Å². The number of carboxylic acids is 1. The summed E-state index contributed by atoms with van der Waals surface area (Å²) in [5.74, 6) is -0.930. The lowest BCUT2D eigenvalue weighted by Crippen LogP contribution is -1.95. The Morgan fingerprint density at radius 3 is 2.89 bits per heavy atom. The van der Waals surface area contributed by atoms with E-state index in [4.69, 9.17) is 5.11 Å². The fourth-order valence-corrected chi connectivity index (χ4v) is 3.12. The lowest BCUT2D eigenvalue weighted by Gasteiger charge is -1.98. The summed E-state index contributed by atoms with van der Waals surface area (Å²) in [6, 6.07) is 6.80. The van der Waals surface area contributed by atoms with Gasteiger partial charge >= 0.3 is 5.97 Å². The van der Waals surface area contributed by atoms with Crippen LogP contribution in [0.25, 0.3) is 21.1 Å². The zero-order valence-corrected chi connectivity index (χ0v) is 11.2. The summed E-state index contributed by atoms with van der Waals surface area (Å²) in [4.78, 5) is 20.5. The highest BCUT2D eigenvalue weighted by Gasteiger charge is 2.10. The molecule has 0 fully saturated rings. The highest BCUT2D eigenvalue weighted by molar-refractivity contribution is 7.15. The van der Waals surface area contributed by atoms with Crippen molar-refractivity contribution in [3.63, 3.8) is 0 Å². The van der Waals surface area contributed by atoms with Gasteiger partial charge in [0.25, 0.3) is 0 Å². The molecule has 94 valence electrons. The minimum atomic E-state index is -0.930. The third-order valence-electron chi connectivity index (χ3n) is 2.55. The van der Waals surface area contributed by atoms with Crippen molar-refractivity contribution in [3.8, 4) is 21.1 Å². The Morgan fingerprint density at radius 1 is 1.26 bits per heavy atom. The van der Waals surface area contributed by atoms with E-state index in [1.165, 1.54) is 22.7 Å². The van der Waals surface area contributed by atoms with Gasteiger partial charge in [-0.25, -0.2) is 9.78 Å². The summed E-state index contributed by atoms with van der Waals surface area (Å²) in [6.07, 6.45) is 1.77. The fourth-order valence-electron chi connectivity index (χ4n) is 1.65. The molecule has 6 heteroatoms. The second-order valence-electron chi connectivity index (χ2n) is 3.79. The Morgan fingerprint density at radius 2 is 2.16 bits per heavy atom. The Kier molecular flexibility index (Phi) is 3.10. The topological polar surface area (TPSA) is 63.1 Å². The van der Waals surface area contributed by atoms with Crippen molar-refractivity contribution in [1.29, 1.82) is 0 Å². The molecule has 2 heterocycles. The van der Waals surface area contributed by atoms with Crippen LogP contribution in [0.2, 0.25) is 0 Å². The van der Waals surface area contributed by atoms with Gasteiger partial charge in [0.05, 0.1) is 21.6 Å². The molecule has 19 heavy (non-hydrogen) atoms. The molecule has 0 radical (unpaired) electrons. The van der Waals surface area contributed by atoms with Gasteiger partial charge in [0.1, 0.15) is 5.01 Å². The average molecular weight is 288 g/mol. The molecular weight excluding hydrogens is 280 g/mol. The van der Waals surface area contributed by atoms with Gasteiger partial charge in [0.15, 0.2) is 0 Å². The van der Waals surface area contributed by atoms with Crippen LogP contribution in [0.4, 0.5) is 0 Å². The third kappa shape index (κ3) is 2.40. The summed E-state index contributed by atoms with van der Waals surface area (Å²) in [6.45, 7) is 0. The van der Waals surface area contributed by atoms with Crippen molar-refractivity contribution < 1.29 is 9.90 Å². The Hall–Kier alpha value is -2.05. The van der Waals surface area contributed by atoms with Crippen LogP contribution in [0.5, 0.6) is 0 Å². The van der Waals surface area contributed by atoms with Crippen molar-refractivity contribution in [2.75, 3.05) is 0 Å². The first-order valence-corrected chi connectivity index (χ1v) is 7.18. The normalized spacial score (nSPS) is 10.5. The van der Waals surface area contributed by atoms with Gasteiger partial charge in [0, 0.05) is 17.1 Å². The van der Waals surface area contributed by atoms with Crippen molar-refractivity contribution in [1.82, 2.24) is 9.97 Å². The Labute approximate surface area is 117 Å². The largest absolute Gasteiger partial charge is 0.478 e. The molecular formula is C13H8N2O2S2. The monoisotopic (exact) mass is 288 g/mol. The molecule has 0 saturated heterocycles. The molecule has 0 aliphatic heterocycles. The molecule has 0 saturated carbocycles. The number of carbonyl (C=O) groups is 1. The molecule has 0 spiro atoms. The number of thiazole rings is 2. The predicted octanol–water partition coefficient (Wildman–Crippen LogP) is 3.63. The minimum absolute atomic E-state index is 0.270. The van der Waals surface area contributed by atoms with Gasteiger partial charge in [0.2, 0.25) is 0 Å². The maximum absolute atomic E-state index is 11.0. The molecule has 0 aliphatic rings. The molecule has 4 nitrogen and oxygen atoms in total. The maximum atomic E-state index is 11.0. The Balaban J connectivity index is 1.99. The first kappa shape index (κ1) is 12.0. The van der Waals surface area contributed by atoms with Gasteiger partial charge in [-0.05, 0) is 12.1 Å². The van der Waals surface area contributed by atoms with Crippen LogP contribution in [0.3, 0.4) is 0 Å². The highest BCUT2D eigenvalue weighted by atomic mass is 32.1. The molecule has 0 bridgehead atoms. The molecule has 0 amide bonds. The molecule has 0 atom stereocenters. The van der Waals surface area contributed by atoms with Crippen molar-refractivity contribution >= 4 is 28.6 Å². The fraction of sp³-hybridized carbons (Fsp3) is 0. The van der Waals surface area contributed by atoms with Crippen LogP contribution in [-0.4, -0.2) is 21.0 Å². The number of aromatic carboxylic acids is 1. The summed E-state index contributed by atoms with van der Waals surface area (Å²) in [5.41, 5.74) is 3.73. The number of benzene rings is 1. The van der Waals surface area contributed by atoms with Crippen LogP contribution in [0.1, 0.15) is 10.4 Å². The summed E-state index contributed by atoms with van der Waals surface area (Å²) in [5, 5.41) is 11.8. The van der Waals surface area contributed by atoms with E-state index < -0.39 is 5.97 Å². The van der Waals surface area contributed by atoms with E-state index in [0.717, 1.165) is 21.1 Å². The standard InChI is InChI=1S/C13H8N2O2S2/c16-13(17)9-3-1-2-8(4-9)12-15-10(6-18-12)11-5-14-7-19-11/h1-7H,(H,16,17). The molecule has 0 aliphatic carbocycles. The first-order valence-electron chi connectivity index (χ1n) is 5.42. The van der Waals surface area contributed by atoms with E-state index in [1.54, 1.807) is 29.9 Å². The van der Waals surface area contributed by atoms with Gasteiger partial charge in [-0.1, -0.05) is 12.1 Å². The zero-order valence-electron chi connectivity index (χ0n) is 9.61. The van der Waals surface area contributed by atoms with E-state index in [0.29, 0.717) is 0 Å². The second-order valence-corrected chi connectivity index (χ2v) is 5.53. The minimum Gasteiger partial charge on any atom is -0.478 e. The number of carboxylic acid groups (broad SMARTS) is 1. The van der Waals surface area contributed by atoms with Crippen molar-refractivity contribution in [2.45, 2.75) is 0 Å². The van der Waals surface area contributed by atoms with Crippen LogP contribution in [-0.2, 0) is 0 Å². The van der Waals surface area contributed by atoms with E-state index >= 15 is 0 Å². The second kappa shape index (κ2) is 4.91. The van der Waals surface area contributed by atoms with E-state index in [1.807, 2.05) is 11.4 Å². The number of nitrogens with zero attached hydrogens (tertiary/aromatic N) is 2. The van der Waals surface area contributed by atoms with Crippen LogP contribution >= 0.6 is 22.7 Å². The van der Waals surface area contributed by atoms with Gasteiger partial charge in [-0.15, -0.1) is 22.7 Å². The van der Waals surface area contributed by atoms with E-state index in [-0.39, 0.29) is 5.56 Å². The molecule has 2 aromatic heterocycles. The Bertz CT molecular complexity index is 720. The van der Waals surface area contributed by atoms with Gasteiger partial charge in [-0.3, -0.25) is 4.98 Å². The molecule has 3 aromatic rings. The third-order valence-corrected chi connectivity index (χ3v) is 4.23. The first-order chi connectivity index (χ1) is 9.24. The predicted molar refractivity (Wildman–Crippen MR) is 75.6 cm³/mol. The summed E-state index contributed by atoms with van der Waals surface area (Å²) in [7, 11) is 0. The van der Waals surface area contributed by atoms with Crippen molar-refractivity contribution in [2.24, 2.45) is 0 Å². The molecule has 0 unspecified atom stereocenters. The molecule has 1 N–H and O–H groups in total. The van der Waals surface area contributed by atoms with Gasteiger partial charge in [-0.2, -0.15) is 0 Å². The average Bonchev–Trinajstić information content (AvgIpc) is 3.09. The summed E-state index contributed by atoms with van der Waals surface area (Å²) < 4.78 is 0. The summed E-state index contributed by atoms with van der Waals surface area (Å²) >= 11 is 3.03. The highest BCUT2D eigenvalue weighted by Crippen LogP contribution is 2.30. The number of rotatable bonds is 3. The quantitative estimate of drug-likeness (QED) is 0.799. The number of hydrogen-bond acceptors (Lipinski definition) is 5. The van der Waals surface area contributed by atoms with Crippen LogP contribution in [0, 0.1) is 0 Å².